The number of halogens is 1. The summed E-state index contributed by atoms with van der Waals surface area (Å²) in [5.74, 6) is 0.764. The zero-order chi connectivity index (χ0) is 15.2. The van der Waals surface area contributed by atoms with Gasteiger partial charge < -0.3 is 10.2 Å². The molecular weight excluding hydrogens is 304 g/mol. The predicted octanol–water partition coefficient (Wildman–Crippen LogP) is 3.34. The maximum absolute atomic E-state index is 12.3. The second-order valence-corrected chi connectivity index (χ2v) is 7.22. The van der Waals surface area contributed by atoms with Gasteiger partial charge in [0.1, 0.15) is 0 Å². The fraction of sp³-hybridized carbons (Fsp3) is 0.562. The van der Waals surface area contributed by atoms with Crippen molar-refractivity contribution in [3.05, 3.63) is 34.9 Å². The molecule has 0 aromatic heterocycles. The number of piperidine rings is 1. The van der Waals surface area contributed by atoms with Crippen LogP contribution < -0.4 is 5.32 Å². The maximum atomic E-state index is 12.3. The van der Waals surface area contributed by atoms with Crippen LogP contribution in [-0.2, 0) is 4.79 Å². The lowest BCUT2D eigenvalue weighted by Crippen LogP contribution is -2.33. The number of thioether (sulfide) groups is 1. The van der Waals surface area contributed by atoms with Gasteiger partial charge in [-0.2, -0.15) is 0 Å². The molecule has 21 heavy (non-hydrogen) atoms. The van der Waals surface area contributed by atoms with Crippen LogP contribution in [0.5, 0.6) is 0 Å². The van der Waals surface area contributed by atoms with Crippen molar-refractivity contribution in [2.45, 2.75) is 31.1 Å². The highest BCUT2D eigenvalue weighted by molar-refractivity contribution is 8.00. The van der Waals surface area contributed by atoms with Gasteiger partial charge in [0, 0.05) is 17.3 Å². The van der Waals surface area contributed by atoms with E-state index < -0.39 is 0 Å². The fourth-order valence-electron chi connectivity index (χ4n) is 2.43. The first-order valence-electron chi connectivity index (χ1n) is 7.41. The molecule has 0 aliphatic carbocycles. The van der Waals surface area contributed by atoms with Crippen LogP contribution >= 0.6 is 23.4 Å². The molecule has 0 spiro atoms. The Bertz CT molecular complexity index is 460. The Hall–Kier alpha value is -0.710. The SMILES string of the molecule is CC(c1ccc(Cl)cc1)N(C)C(=O)CSC1CCNCC1. The van der Waals surface area contributed by atoms with E-state index in [2.05, 4.69) is 12.2 Å². The monoisotopic (exact) mass is 326 g/mol. The van der Waals surface area contributed by atoms with Crippen molar-refractivity contribution in [1.29, 1.82) is 0 Å². The van der Waals surface area contributed by atoms with Crippen LogP contribution in [0.2, 0.25) is 5.02 Å². The number of amides is 1. The van der Waals surface area contributed by atoms with E-state index in [1.807, 2.05) is 36.2 Å². The molecule has 1 amide bonds. The molecule has 1 atom stereocenters. The summed E-state index contributed by atoms with van der Waals surface area (Å²) in [5, 5.41) is 4.69. The van der Waals surface area contributed by atoms with Gasteiger partial charge in [-0.05, 0) is 50.6 Å². The van der Waals surface area contributed by atoms with Gasteiger partial charge in [0.25, 0.3) is 0 Å². The highest BCUT2D eigenvalue weighted by Crippen LogP contribution is 2.24. The molecule has 1 saturated heterocycles. The van der Waals surface area contributed by atoms with Crippen molar-refractivity contribution in [2.24, 2.45) is 0 Å². The van der Waals surface area contributed by atoms with Gasteiger partial charge in [-0.1, -0.05) is 23.7 Å². The molecule has 0 radical (unpaired) electrons. The fourth-order valence-corrected chi connectivity index (χ4v) is 3.71. The third-order valence-corrected chi connectivity index (χ3v) is 5.66. The Morgan fingerprint density at radius 1 is 1.38 bits per heavy atom. The van der Waals surface area contributed by atoms with Gasteiger partial charge >= 0.3 is 0 Å². The van der Waals surface area contributed by atoms with Gasteiger partial charge in [0.15, 0.2) is 0 Å². The molecule has 0 bridgehead atoms. The minimum Gasteiger partial charge on any atom is -0.338 e. The Labute approximate surface area is 136 Å². The average Bonchev–Trinajstić information content (AvgIpc) is 2.53. The number of carbonyl (C=O) groups excluding carboxylic acids is 1. The van der Waals surface area contributed by atoms with Gasteiger partial charge in [-0.3, -0.25) is 4.79 Å². The third kappa shape index (κ3) is 4.90. The van der Waals surface area contributed by atoms with Gasteiger partial charge in [-0.15, -0.1) is 11.8 Å². The van der Waals surface area contributed by atoms with E-state index in [0.29, 0.717) is 11.0 Å². The molecule has 1 aromatic carbocycles. The van der Waals surface area contributed by atoms with Crippen molar-refractivity contribution in [1.82, 2.24) is 10.2 Å². The number of rotatable bonds is 5. The molecule has 5 heteroatoms. The molecule has 1 heterocycles. The molecule has 1 aliphatic heterocycles. The van der Waals surface area contributed by atoms with E-state index in [1.54, 1.807) is 11.8 Å². The van der Waals surface area contributed by atoms with Crippen molar-refractivity contribution < 1.29 is 4.79 Å². The number of carbonyl (C=O) groups is 1. The zero-order valence-corrected chi connectivity index (χ0v) is 14.2. The molecule has 1 N–H and O–H groups in total. The van der Waals surface area contributed by atoms with Crippen LogP contribution in [0.4, 0.5) is 0 Å². The van der Waals surface area contributed by atoms with Crippen LogP contribution in [0.25, 0.3) is 0 Å². The summed E-state index contributed by atoms with van der Waals surface area (Å²) in [5.41, 5.74) is 1.11. The standard InChI is InChI=1S/C16H23ClN2OS/c1-12(13-3-5-14(17)6-4-13)19(2)16(20)11-21-15-7-9-18-10-8-15/h3-6,12,15,18H,7-11H2,1-2H3. The molecule has 3 nitrogen and oxygen atoms in total. The topological polar surface area (TPSA) is 32.3 Å². The first-order valence-corrected chi connectivity index (χ1v) is 8.84. The summed E-state index contributed by atoms with van der Waals surface area (Å²) >= 11 is 7.70. The van der Waals surface area contributed by atoms with Crippen LogP contribution in [0.1, 0.15) is 31.4 Å². The largest absolute Gasteiger partial charge is 0.338 e. The van der Waals surface area contributed by atoms with Crippen LogP contribution in [0.15, 0.2) is 24.3 Å². The zero-order valence-electron chi connectivity index (χ0n) is 12.6. The molecule has 1 fully saturated rings. The Kier molecular flexibility index (Phi) is 6.40. The van der Waals surface area contributed by atoms with Crippen LogP contribution in [-0.4, -0.2) is 41.9 Å². The van der Waals surface area contributed by atoms with Crippen molar-refractivity contribution in [2.75, 3.05) is 25.9 Å². The second-order valence-electron chi connectivity index (χ2n) is 5.49. The summed E-state index contributed by atoms with van der Waals surface area (Å²) in [6.07, 6.45) is 2.32. The third-order valence-electron chi connectivity index (χ3n) is 4.06. The lowest BCUT2D eigenvalue weighted by Gasteiger charge is -2.27. The summed E-state index contributed by atoms with van der Waals surface area (Å²) < 4.78 is 0. The minimum atomic E-state index is 0.0726. The molecule has 0 saturated carbocycles. The summed E-state index contributed by atoms with van der Waals surface area (Å²) in [6.45, 7) is 4.20. The van der Waals surface area contributed by atoms with Crippen molar-refractivity contribution >= 4 is 29.3 Å². The normalized spacial score (nSPS) is 17.5. The first kappa shape index (κ1) is 16.7. The smallest absolute Gasteiger partial charge is 0.232 e. The van der Waals surface area contributed by atoms with E-state index >= 15 is 0 Å². The molecule has 1 aliphatic rings. The average molecular weight is 327 g/mol. The quantitative estimate of drug-likeness (QED) is 0.900. The summed E-state index contributed by atoms with van der Waals surface area (Å²) in [7, 11) is 1.88. The first-order chi connectivity index (χ1) is 10.1. The lowest BCUT2D eigenvalue weighted by atomic mass is 10.1. The summed E-state index contributed by atoms with van der Waals surface area (Å²) in [6, 6.07) is 7.78. The van der Waals surface area contributed by atoms with Gasteiger partial charge in [0.05, 0.1) is 11.8 Å². The van der Waals surface area contributed by atoms with E-state index in [0.717, 1.165) is 36.5 Å². The van der Waals surface area contributed by atoms with E-state index in [1.165, 1.54) is 0 Å². The highest BCUT2D eigenvalue weighted by Gasteiger charge is 2.20. The molecular formula is C16H23ClN2OS. The van der Waals surface area contributed by atoms with E-state index in [9.17, 15) is 4.79 Å². The molecule has 2 rings (SSSR count). The van der Waals surface area contributed by atoms with Crippen molar-refractivity contribution in [3.8, 4) is 0 Å². The van der Waals surface area contributed by atoms with Gasteiger partial charge in [0.2, 0.25) is 5.91 Å². The second kappa shape index (κ2) is 8.06. The van der Waals surface area contributed by atoms with Crippen molar-refractivity contribution in [3.63, 3.8) is 0 Å². The number of hydrogen-bond acceptors (Lipinski definition) is 3. The van der Waals surface area contributed by atoms with Gasteiger partial charge in [-0.25, -0.2) is 0 Å². The highest BCUT2D eigenvalue weighted by atomic mass is 35.5. The van der Waals surface area contributed by atoms with E-state index in [-0.39, 0.29) is 11.9 Å². The Morgan fingerprint density at radius 2 is 2.00 bits per heavy atom. The Balaban J connectivity index is 1.84. The number of nitrogens with zero attached hydrogens (tertiary/aromatic N) is 1. The number of benzene rings is 1. The molecule has 1 aromatic rings. The van der Waals surface area contributed by atoms with Crippen LogP contribution in [0.3, 0.4) is 0 Å². The Morgan fingerprint density at radius 3 is 2.62 bits per heavy atom. The lowest BCUT2D eigenvalue weighted by molar-refractivity contribution is -0.128. The van der Waals surface area contributed by atoms with Crippen LogP contribution in [0, 0.1) is 0 Å². The number of hydrogen-bond donors (Lipinski definition) is 1. The minimum absolute atomic E-state index is 0.0726. The maximum Gasteiger partial charge on any atom is 0.232 e. The molecule has 1 unspecified atom stereocenters. The number of nitrogens with one attached hydrogen (secondary N) is 1. The summed E-state index contributed by atoms with van der Waals surface area (Å²) in [4.78, 5) is 14.2. The predicted molar refractivity (Wildman–Crippen MR) is 91.0 cm³/mol. The van der Waals surface area contributed by atoms with E-state index in [4.69, 9.17) is 11.6 Å². The molecule has 116 valence electrons.